The lowest BCUT2D eigenvalue weighted by atomic mass is 10.1. The predicted molar refractivity (Wildman–Crippen MR) is 131 cm³/mol. The van der Waals surface area contributed by atoms with E-state index in [4.69, 9.17) is 9.47 Å². The number of para-hydroxylation sites is 2. The van der Waals surface area contributed by atoms with E-state index < -0.39 is 0 Å². The number of ether oxygens (including phenoxy) is 2. The van der Waals surface area contributed by atoms with E-state index in [9.17, 15) is 5.26 Å². The molecule has 0 spiro atoms. The van der Waals surface area contributed by atoms with E-state index in [2.05, 4.69) is 69.8 Å². The molecule has 0 radical (unpaired) electrons. The Balaban J connectivity index is 1.63. The van der Waals surface area contributed by atoms with Gasteiger partial charge in [-0.1, -0.05) is 42.0 Å². The summed E-state index contributed by atoms with van der Waals surface area (Å²) >= 11 is 2.23. The average Bonchev–Trinajstić information content (AvgIpc) is 3.21. The molecule has 0 unspecified atom stereocenters. The molecule has 0 aliphatic heterocycles. The van der Waals surface area contributed by atoms with E-state index in [1.165, 1.54) is 5.56 Å². The summed E-state index contributed by atoms with van der Waals surface area (Å²) in [5.74, 6) is 1.84. The maximum absolute atomic E-state index is 9.71. The zero-order valence-electron chi connectivity index (χ0n) is 17.1. The number of halogens is 1. The molecule has 0 saturated heterocycles. The zero-order chi connectivity index (χ0) is 21.8. The SMILES string of the molecule is COc1cc(/C=C(/C#N)c2nc3ccccc3[nH]2)cc(I)c1OCc1ccc(C)cc1. The maximum atomic E-state index is 9.71. The normalized spacial score (nSPS) is 11.4. The number of nitrogens with zero attached hydrogens (tertiary/aromatic N) is 2. The number of hydrogen-bond donors (Lipinski definition) is 1. The third kappa shape index (κ3) is 4.72. The van der Waals surface area contributed by atoms with Gasteiger partial charge in [0.25, 0.3) is 0 Å². The van der Waals surface area contributed by atoms with Gasteiger partial charge in [0.15, 0.2) is 11.5 Å². The number of H-pyrrole nitrogens is 1. The minimum atomic E-state index is 0.447. The Morgan fingerprint density at radius 2 is 1.94 bits per heavy atom. The van der Waals surface area contributed by atoms with Gasteiger partial charge in [0.2, 0.25) is 0 Å². The summed E-state index contributed by atoms with van der Waals surface area (Å²) in [4.78, 5) is 7.73. The fraction of sp³-hybridized carbons (Fsp3) is 0.120. The van der Waals surface area contributed by atoms with Crippen LogP contribution in [-0.2, 0) is 6.61 Å². The first kappa shape index (κ1) is 20.9. The number of imidazole rings is 1. The van der Waals surface area contributed by atoms with Gasteiger partial charge >= 0.3 is 0 Å². The van der Waals surface area contributed by atoms with Crippen molar-refractivity contribution in [2.24, 2.45) is 0 Å². The molecule has 1 aromatic heterocycles. The molecule has 0 aliphatic carbocycles. The van der Waals surface area contributed by atoms with Crippen LogP contribution in [0.2, 0.25) is 0 Å². The minimum absolute atomic E-state index is 0.447. The number of allylic oxidation sites excluding steroid dienone is 1. The molecule has 0 atom stereocenters. The van der Waals surface area contributed by atoms with Crippen LogP contribution < -0.4 is 9.47 Å². The first-order chi connectivity index (χ1) is 15.1. The Hall–Kier alpha value is -3.31. The van der Waals surface area contributed by atoms with E-state index in [1.54, 1.807) is 13.2 Å². The highest BCUT2D eigenvalue weighted by Crippen LogP contribution is 2.35. The molecule has 0 bridgehead atoms. The van der Waals surface area contributed by atoms with Gasteiger partial charge < -0.3 is 14.5 Å². The highest BCUT2D eigenvalue weighted by Gasteiger charge is 2.13. The Bertz CT molecular complexity index is 1270. The zero-order valence-corrected chi connectivity index (χ0v) is 19.3. The third-order valence-corrected chi connectivity index (χ3v) is 5.63. The molecule has 31 heavy (non-hydrogen) atoms. The van der Waals surface area contributed by atoms with Crippen LogP contribution in [0.1, 0.15) is 22.5 Å². The Labute approximate surface area is 194 Å². The third-order valence-electron chi connectivity index (χ3n) is 4.83. The van der Waals surface area contributed by atoms with Gasteiger partial charge in [0.1, 0.15) is 18.5 Å². The van der Waals surface area contributed by atoms with Crippen molar-refractivity contribution in [1.82, 2.24) is 9.97 Å². The second-order valence-corrected chi connectivity index (χ2v) is 8.24. The number of methoxy groups -OCH3 is 1. The van der Waals surface area contributed by atoms with Crippen LogP contribution in [0.3, 0.4) is 0 Å². The summed E-state index contributed by atoms with van der Waals surface area (Å²) in [7, 11) is 1.61. The van der Waals surface area contributed by atoms with Crippen molar-refractivity contribution in [3.8, 4) is 17.6 Å². The summed E-state index contributed by atoms with van der Waals surface area (Å²) < 4.78 is 12.5. The topological polar surface area (TPSA) is 70.9 Å². The summed E-state index contributed by atoms with van der Waals surface area (Å²) in [6, 6.07) is 22.0. The van der Waals surface area contributed by atoms with E-state index in [1.807, 2.05) is 36.4 Å². The Morgan fingerprint density at radius 3 is 2.65 bits per heavy atom. The number of benzene rings is 3. The molecule has 6 heteroatoms. The van der Waals surface area contributed by atoms with Crippen LogP contribution in [0, 0.1) is 21.8 Å². The Kier molecular flexibility index (Phi) is 6.23. The van der Waals surface area contributed by atoms with E-state index in [-0.39, 0.29) is 0 Å². The molecule has 4 aromatic rings. The number of rotatable bonds is 6. The van der Waals surface area contributed by atoms with Gasteiger partial charge in [-0.3, -0.25) is 0 Å². The molecule has 4 rings (SSSR count). The smallest absolute Gasteiger partial charge is 0.174 e. The summed E-state index contributed by atoms with van der Waals surface area (Å²) in [5.41, 5.74) is 5.30. The highest BCUT2D eigenvalue weighted by atomic mass is 127. The molecule has 0 saturated carbocycles. The van der Waals surface area contributed by atoms with Crippen LogP contribution in [0.15, 0.2) is 60.7 Å². The highest BCUT2D eigenvalue weighted by molar-refractivity contribution is 14.1. The van der Waals surface area contributed by atoms with Crippen molar-refractivity contribution >= 4 is 45.3 Å². The quantitative estimate of drug-likeness (QED) is 0.245. The second kappa shape index (κ2) is 9.23. The van der Waals surface area contributed by atoms with Crippen molar-refractivity contribution < 1.29 is 9.47 Å². The number of aromatic amines is 1. The van der Waals surface area contributed by atoms with Crippen molar-refractivity contribution in [1.29, 1.82) is 5.26 Å². The molecule has 0 aliphatic rings. The van der Waals surface area contributed by atoms with Gasteiger partial charge in [0, 0.05) is 0 Å². The monoisotopic (exact) mass is 521 g/mol. The first-order valence-electron chi connectivity index (χ1n) is 9.70. The van der Waals surface area contributed by atoms with Crippen molar-refractivity contribution in [2.45, 2.75) is 13.5 Å². The molecular weight excluding hydrogens is 501 g/mol. The van der Waals surface area contributed by atoms with Gasteiger partial charge in [-0.25, -0.2) is 4.98 Å². The predicted octanol–water partition coefficient (Wildman–Crippen LogP) is 6.13. The molecule has 1 heterocycles. The molecular formula is C25H20IN3O2. The van der Waals surface area contributed by atoms with Gasteiger partial charge in [-0.05, 0) is 71.0 Å². The fourth-order valence-electron chi connectivity index (χ4n) is 3.20. The summed E-state index contributed by atoms with van der Waals surface area (Å²) in [6.07, 6.45) is 1.80. The lowest BCUT2D eigenvalue weighted by molar-refractivity contribution is 0.282. The number of nitriles is 1. The molecule has 3 aromatic carbocycles. The van der Waals surface area contributed by atoms with Gasteiger partial charge in [0.05, 0.1) is 27.3 Å². The average molecular weight is 521 g/mol. The van der Waals surface area contributed by atoms with E-state index in [0.29, 0.717) is 29.5 Å². The van der Waals surface area contributed by atoms with Crippen LogP contribution in [-0.4, -0.2) is 17.1 Å². The van der Waals surface area contributed by atoms with Crippen molar-refractivity contribution in [2.75, 3.05) is 7.11 Å². The number of nitrogens with one attached hydrogen (secondary N) is 1. The number of aromatic nitrogens is 2. The molecule has 0 fully saturated rings. The number of aryl methyl sites for hydroxylation is 1. The largest absolute Gasteiger partial charge is 0.493 e. The fourth-order valence-corrected chi connectivity index (χ4v) is 3.98. The van der Waals surface area contributed by atoms with Crippen LogP contribution in [0.25, 0.3) is 22.7 Å². The van der Waals surface area contributed by atoms with Crippen LogP contribution in [0.4, 0.5) is 0 Å². The minimum Gasteiger partial charge on any atom is -0.493 e. The van der Waals surface area contributed by atoms with Gasteiger partial charge in [-0.2, -0.15) is 5.26 Å². The lowest BCUT2D eigenvalue weighted by Crippen LogP contribution is -2.00. The lowest BCUT2D eigenvalue weighted by Gasteiger charge is -2.14. The van der Waals surface area contributed by atoms with Gasteiger partial charge in [-0.15, -0.1) is 0 Å². The van der Waals surface area contributed by atoms with Crippen LogP contribution >= 0.6 is 22.6 Å². The first-order valence-corrected chi connectivity index (χ1v) is 10.8. The van der Waals surface area contributed by atoms with E-state index >= 15 is 0 Å². The summed E-state index contributed by atoms with van der Waals surface area (Å²) in [5, 5.41) is 9.71. The van der Waals surface area contributed by atoms with E-state index in [0.717, 1.165) is 25.7 Å². The maximum Gasteiger partial charge on any atom is 0.174 e. The second-order valence-electron chi connectivity index (χ2n) is 7.08. The van der Waals surface area contributed by atoms with Crippen LogP contribution in [0.5, 0.6) is 11.5 Å². The summed E-state index contributed by atoms with van der Waals surface area (Å²) in [6.45, 7) is 2.51. The molecule has 154 valence electrons. The molecule has 0 amide bonds. The standard InChI is InChI=1S/C25H20IN3O2/c1-16-7-9-17(10-8-16)15-31-24-20(26)12-18(13-23(24)30-2)11-19(14-27)25-28-21-5-3-4-6-22(21)29-25/h3-13H,15H2,1-2H3,(H,28,29)/b19-11-. The molecule has 1 N–H and O–H groups in total. The van der Waals surface area contributed by atoms with Crippen molar-refractivity contribution in [3.63, 3.8) is 0 Å². The Morgan fingerprint density at radius 1 is 1.16 bits per heavy atom. The number of fused-ring (bicyclic) bond motifs is 1. The molecule has 5 nitrogen and oxygen atoms in total. The van der Waals surface area contributed by atoms with Crippen molar-refractivity contribution in [3.05, 3.63) is 86.7 Å². The number of hydrogen-bond acceptors (Lipinski definition) is 4.